The fourth-order valence-electron chi connectivity index (χ4n) is 3.48. The molecule has 1 amide bonds. The summed E-state index contributed by atoms with van der Waals surface area (Å²) in [6.45, 7) is 5.46. The molecule has 1 aromatic carbocycles. The number of aliphatic hydroxyl groups is 1. The number of hydrogen-bond donors (Lipinski definition) is 1. The van der Waals surface area contributed by atoms with E-state index in [-0.39, 0.29) is 17.2 Å². The zero-order valence-corrected chi connectivity index (χ0v) is 16.3. The number of rotatable bonds is 5. The Bertz CT molecular complexity index is 1120. The Labute approximate surface area is 167 Å². The van der Waals surface area contributed by atoms with Crippen molar-refractivity contribution >= 4 is 17.5 Å². The molecule has 7 heteroatoms. The zero-order chi connectivity index (χ0) is 20.7. The van der Waals surface area contributed by atoms with E-state index in [1.165, 1.54) is 11.0 Å². The van der Waals surface area contributed by atoms with E-state index < -0.39 is 23.5 Å². The van der Waals surface area contributed by atoms with Crippen LogP contribution in [0.25, 0.3) is 0 Å². The fraction of sp³-hybridized carbons (Fsp3) is 0.227. The lowest BCUT2D eigenvalue weighted by Crippen LogP contribution is -2.31. The summed E-state index contributed by atoms with van der Waals surface area (Å²) >= 11 is 0. The monoisotopic (exact) mass is 392 g/mol. The van der Waals surface area contributed by atoms with Crippen molar-refractivity contribution in [1.29, 1.82) is 0 Å². The number of anilines is 1. The molecule has 1 N–H and O–H groups in total. The highest BCUT2D eigenvalue weighted by atomic mass is 16.5. The van der Waals surface area contributed by atoms with Gasteiger partial charge >= 0.3 is 0 Å². The molecule has 1 aliphatic heterocycles. The third-order valence-corrected chi connectivity index (χ3v) is 4.98. The summed E-state index contributed by atoms with van der Waals surface area (Å²) in [6.07, 6.45) is 0.856. The number of carbonyl (C=O) groups is 2. The van der Waals surface area contributed by atoms with Gasteiger partial charge in [-0.05, 0) is 43.5 Å². The van der Waals surface area contributed by atoms with Gasteiger partial charge in [-0.15, -0.1) is 0 Å². The van der Waals surface area contributed by atoms with Gasteiger partial charge in [-0.2, -0.15) is 0 Å². The SMILES string of the molecule is CCc1ccc([C@@H]2C(C(=O)c3ccc(C)o3)=C(O)C(=O)N2c2cc(C)on2)cc1. The minimum Gasteiger partial charge on any atom is -0.503 e. The molecule has 0 radical (unpaired) electrons. The van der Waals surface area contributed by atoms with Crippen LogP contribution in [0.5, 0.6) is 0 Å². The topological polar surface area (TPSA) is 96.8 Å². The van der Waals surface area contributed by atoms with Crippen molar-refractivity contribution < 1.29 is 23.6 Å². The molecule has 0 unspecified atom stereocenters. The quantitative estimate of drug-likeness (QED) is 0.653. The van der Waals surface area contributed by atoms with Crippen LogP contribution in [0.15, 0.2) is 62.7 Å². The Morgan fingerprint density at radius 2 is 1.86 bits per heavy atom. The Morgan fingerprint density at radius 1 is 1.14 bits per heavy atom. The number of amides is 1. The van der Waals surface area contributed by atoms with Gasteiger partial charge in [0.25, 0.3) is 5.91 Å². The van der Waals surface area contributed by atoms with Crippen molar-refractivity contribution in [2.24, 2.45) is 0 Å². The average Bonchev–Trinajstić information content (AvgIpc) is 3.40. The molecular weight excluding hydrogens is 372 g/mol. The van der Waals surface area contributed by atoms with Gasteiger partial charge in [0.05, 0.1) is 11.6 Å². The van der Waals surface area contributed by atoms with Gasteiger partial charge < -0.3 is 14.0 Å². The summed E-state index contributed by atoms with van der Waals surface area (Å²) in [7, 11) is 0. The molecule has 0 bridgehead atoms. The molecule has 0 aliphatic carbocycles. The van der Waals surface area contributed by atoms with E-state index in [4.69, 9.17) is 8.94 Å². The van der Waals surface area contributed by atoms with E-state index in [0.717, 1.165) is 12.0 Å². The van der Waals surface area contributed by atoms with Gasteiger partial charge in [0.1, 0.15) is 11.5 Å². The largest absolute Gasteiger partial charge is 0.503 e. The second-order valence-electron chi connectivity index (χ2n) is 6.97. The second kappa shape index (κ2) is 7.09. The van der Waals surface area contributed by atoms with E-state index >= 15 is 0 Å². The smallest absolute Gasteiger partial charge is 0.295 e. The molecular formula is C22H20N2O5. The van der Waals surface area contributed by atoms with Gasteiger partial charge in [-0.1, -0.05) is 36.3 Å². The highest BCUT2D eigenvalue weighted by Crippen LogP contribution is 2.41. The number of nitrogens with zero attached hydrogens (tertiary/aromatic N) is 2. The number of aliphatic hydroxyl groups excluding tert-OH is 1. The summed E-state index contributed by atoms with van der Waals surface area (Å²) in [5.41, 5.74) is 1.74. The molecule has 0 fully saturated rings. The number of furan rings is 1. The minimum absolute atomic E-state index is 0.0470. The summed E-state index contributed by atoms with van der Waals surface area (Å²) in [5.74, 6) is -0.522. The lowest BCUT2D eigenvalue weighted by atomic mass is 9.94. The Kier molecular flexibility index (Phi) is 4.58. The third-order valence-electron chi connectivity index (χ3n) is 4.98. The van der Waals surface area contributed by atoms with E-state index in [1.807, 2.05) is 31.2 Å². The predicted octanol–water partition coefficient (Wildman–Crippen LogP) is 4.23. The van der Waals surface area contributed by atoms with Gasteiger partial charge in [-0.3, -0.25) is 14.5 Å². The number of ketones is 1. The van der Waals surface area contributed by atoms with Gasteiger partial charge in [0.2, 0.25) is 5.78 Å². The molecule has 29 heavy (non-hydrogen) atoms. The maximum absolute atomic E-state index is 13.2. The minimum atomic E-state index is -0.851. The Hall–Kier alpha value is -3.61. The molecule has 0 saturated carbocycles. The van der Waals surface area contributed by atoms with Crippen molar-refractivity contribution in [3.8, 4) is 0 Å². The lowest BCUT2D eigenvalue weighted by molar-refractivity contribution is -0.117. The maximum atomic E-state index is 13.2. The van der Waals surface area contributed by atoms with E-state index in [9.17, 15) is 14.7 Å². The normalized spacial score (nSPS) is 16.7. The van der Waals surface area contributed by atoms with Crippen LogP contribution in [-0.2, 0) is 11.2 Å². The average molecular weight is 392 g/mol. The maximum Gasteiger partial charge on any atom is 0.295 e. The van der Waals surface area contributed by atoms with Crippen molar-refractivity contribution in [2.75, 3.05) is 4.90 Å². The number of Topliss-reactive ketones (excluding diaryl/α,β-unsaturated/α-hetero) is 1. The van der Waals surface area contributed by atoms with Crippen LogP contribution < -0.4 is 4.90 Å². The standard InChI is InChI=1S/C22H20N2O5/c1-4-14-6-8-15(9-7-14)19-18(20(25)16-10-5-12(2)28-16)21(26)22(27)24(19)17-11-13(3)29-23-17/h5-11,19,26H,4H2,1-3H3/t19-/m1/s1. The first-order valence-corrected chi connectivity index (χ1v) is 9.30. The predicted molar refractivity (Wildman–Crippen MR) is 105 cm³/mol. The van der Waals surface area contributed by atoms with Crippen molar-refractivity contribution in [2.45, 2.75) is 33.2 Å². The summed E-state index contributed by atoms with van der Waals surface area (Å²) in [4.78, 5) is 27.4. The molecule has 0 spiro atoms. The number of benzene rings is 1. The van der Waals surface area contributed by atoms with Crippen molar-refractivity contribution in [3.63, 3.8) is 0 Å². The first kappa shape index (κ1) is 18.7. The van der Waals surface area contributed by atoms with Crippen LogP contribution in [0.4, 0.5) is 5.82 Å². The van der Waals surface area contributed by atoms with Crippen LogP contribution in [0.1, 0.15) is 46.2 Å². The number of hydrogen-bond acceptors (Lipinski definition) is 6. The van der Waals surface area contributed by atoms with E-state index in [1.54, 1.807) is 26.0 Å². The van der Waals surface area contributed by atoms with Crippen molar-refractivity contribution in [1.82, 2.24) is 5.16 Å². The van der Waals surface area contributed by atoms with Gasteiger partial charge in [-0.25, -0.2) is 0 Å². The molecule has 4 rings (SSSR count). The summed E-state index contributed by atoms with van der Waals surface area (Å²) < 4.78 is 10.6. The molecule has 7 nitrogen and oxygen atoms in total. The molecule has 148 valence electrons. The van der Waals surface area contributed by atoms with E-state index in [2.05, 4.69) is 5.16 Å². The summed E-state index contributed by atoms with van der Waals surface area (Å²) in [5, 5.41) is 14.6. The number of aromatic nitrogens is 1. The zero-order valence-electron chi connectivity index (χ0n) is 16.3. The van der Waals surface area contributed by atoms with Crippen LogP contribution >= 0.6 is 0 Å². The number of aryl methyl sites for hydroxylation is 3. The summed E-state index contributed by atoms with van der Waals surface area (Å²) in [6, 6.07) is 11.5. The molecule has 0 saturated heterocycles. The number of carbonyl (C=O) groups excluding carboxylic acids is 2. The molecule has 1 aliphatic rings. The molecule has 2 aromatic heterocycles. The van der Waals surface area contributed by atoms with E-state index in [0.29, 0.717) is 17.1 Å². The Morgan fingerprint density at radius 3 is 2.41 bits per heavy atom. The van der Waals surface area contributed by atoms with Crippen LogP contribution in [0.3, 0.4) is 0 Å². The van der Waals surface area contributed by atoms with Gasteiger partial charge in [0.15, 0.2) is 17.3 Å². The fourth-order valence-corrected chi connectivity index (χ4v) is 3.48. The lowest BCUT2D eigenvalue weighted by Gasteiger charge is -2.24. The first-order chi connectivity index (χ1) is 13.9. The molecule has 3 aromatic rings. The Balaban J connectivity index is 1.86. The molecule has 1 atom stereocenters. The van der Waals surface area contributed by atoms with Crippen LogP contribution in [-0.4, -0.2) is 22.0 Å². The van der Waals surface area contributed by atoms with Crippen molar-refractivity contribution in [3.05, 3.63) is 82.2 Å². The highest BCUT2D eigenvalue weighted by Gasteiger charge is 2.46. The second-order valence-corrected chi connectivity index (χ2v) is 6.97. The first-order valence-electron chi connectivity index (χ1n) is 9.30. The van der Waals surface area contributed by atoms with Gasteiger partial charge in [0, 0.05) is 6.07 Å². The molecule has 3 heterocycles. The van der Waals surface area contributed by atoms with Crippen LogP contribution in [0.2, 0.25) is 0 Å². The van der Waals surface area contributed by atoms with Crippen LogP contribution in [0, 0.1) is 13.8 Å². The third kappa shape index (κ3) is 3.14. The highest BCUT2D eigenvalue weighted by molar-refractivity contribution is 6.19.